The summed E-state index contributed by atoms with van der Waals surface area (Å²) in [4.78, 5) is 10.4. The molecule has 1 rings (SSSR count). The van der Waals surface area contributed by atoms with E-state index in [4.69, 9.17) is 0 Å². The minimum Gasteiger partial charge on any atom is -0.549 e. The molecule has 1 unspecified atom stereocenters. The summed E-state index contributed by atoms with van der Waals surface area (Å²) in [7, 11) is 0. The fourth-order valence-electron chi connectivity index (χ4n) is 1.37. The van der Waals surface area contributed by atoms with Gasteiger partial charge in [-0.05, 0) is 19.8 Å². The van der Waals surface area contributed by atoms with Crippen molar-refractivity contribution in [3.63, 3.8) is 0 Å². The minimum absolute atomic E-state index is 0. The number of hydrogen-bond acceptors (Lipinski definition) is 3. The number of aliphatic carboxylic acids is 1. The first-order valence-electron chi connectivity index (χ1n) is 4.06. The molecule has 0 aromatic heterocycles. The Morgan fingerprint density at radius 2 is 2.00 bits per heavy atom. The van der Waals surface area contributed by atoms with Crippen molar-refractivity contribution in [2.75, 3.05) is 0 Å². The Hall–Kier alpha value is 1.46. The van der Waals surface area contributed by atoms with E-state index in [1.54, 1.807) is 18.7 Å². The zero-order valence-corrected chi connectivity index (χ0v) is 11.6. The monoisotopic (exact) mass is 212 g/mol. The first-order chi connectivity index (χ1) is 5.20. The van der Waals surface area contributed by atoms with Gasteiger partial charge in [0.2, 0.25) is 0 Å². The van der Waals surface area contributed by atoms with E-state index in [0.29, 0.717) is 5.25 Å². The van der Waals surface area contributed by atoms with Crippen molar-refractivity contribution in [3.05, 3.63) is 0 Å². The molecule has 1 aliphatic rings. The second-order valence-corrected chi connectivity index (χ2v) is 4.65. The van der Waals surface area contributed by atoms with E-state index < -0.39 is 5.97 Å². The summed E-state index contributed by atoms with van der Waals surface area (Å²) in [6.07, 6.45) is 4.89. The van der Waals surface area contributed by atoms with Gasteiger partial charge in [-0.1, -0.05) is 12.8 Å². The van der Waals surface area contributed by atoms with Crippen LogP contribution >= 0.6 is 11.8 Å². The molecule has 1 fully saturated rings. The summed E-state index contributed by atoms with van der Waals surface area (Å²) in [6, 6.07) is 0. The molecule has 0 bridgehead atoms. The summed E-state index contributed by atoms with van der Waals surface area (Å²) < 4.78 is 0. The van der Waals surface area contributed by atoms with Gasteiger partial charge in [-0.3, -0.25) is 0 Å². The molecule has 0 amide bonds. The van der Waals surface area contributed by atoms with E-state index >= 15 is 0 Å². The van der Waals surface area contributed by atoms with Gasteiger partial charge < -0.3 is 9.90 Å². The molecule has 0 N–H and O–H groups in total. The molecule has 64 valence electrons. The van der Waals surface area contributed by atoms with E-state index in [1.165, 1.54) is 25.7 Å². The molecule has 2 nitrogen and oxygen atoms in total. The smallest absolute Gasteiger partial charge is 0.549 e. The Kier molecular flexibility index (Phi) is 7.67. The number of carboxylic acids is 1. The zero-order chi connectivity index (χ0) is 8.27. The Morgan fingerprint density at radius 3 is 2.42 bits per heavy atom. The average molecular weight is 212 g/mol. The normalized spacial score (nSPS) is 20.1. The summed E-state index contributed by atoms with van der Waals surface area (Å²) in [5.41, 5.74) is 0. The molecule has 0 saturated heterocycles. The van der Waals surface area contributed by atoms with Crippen LogP contribution in [0.4, 0.5) is 0 Å². The summed E-state index contributed by atoms with van der Waals surface area (Å²) in [5.74, 6) is -0.929. The van der Waals surface area contributed by atoms with Crippen LogP contribution < -0.4 is 56.5 Å². The number of carbonyl (C=O) groups excluding carboxylic acids is 1. The first kappa shape index (κ1) is 13.5. The Labute approximate surface area is 120 Å². The predicted octanol–water partition coefficient (Wildman–Crippen LogP) is -2.20. The van der Waals surface area contributed by atoms with E-state index in [0.717, 1.165) is 0 Å². The fourth-order valence-corrected chi connectivity index (χ4v) is 2.66. The van der Waals surface area contributed by atoms with Crippen LogP contribution in [0.5, 0.6) is 0 Å². The predicted molar refractivity (Wildman–Crippen MR) is 44.3 cm³/mol. The number of carboxylic acid groups (broad SMARTS) is 1. The van der Waals surface area contributed by atoms with E-state index in [2.05, 4.69) is 0 Å². The standard InChI is InChI=1S/C8H14O2S.K/c1-6(8(9)10)11-7-4-2-3-5-7;/h6-7H,2-5H2,1H3,(H,9,10);/q;+1/p-1. The average Bonchev–Trinajstić information content (AvgIpc) is 2.39. The summed E-state index contributed by atoms with van der Waals surface area (Å²) in [5, 5.41) is 10.6. The third-order valence-corrected chi connectivity index (χ3v) is 3.49. The quantitative estimate of drug-likeness (QED) is 0.499. The Bertz CT molecular complexity index is 146. The molecule has 0 aliphatic heterocycles. The molecule has 1 atom stereocenters. The van der Waals surface area contributed by atoms with Crippen molar-refractivity contribution in [1.29, 1.82) is 0 Å². The Morgan fingerprint density at radius 1 is 1.50 bits per heavy atom. The number of rotatable bonds is 3. The van der Waals surface area contributed by atoms with Crippen molar-refractivity contribution in [2.45, 2.75) is 43.1 Å². The molecule has 0 heterocycles. The second-order valence-electron chi connectivity index (χ2n) is 3.00. The van der Waals surface area contributed by atoms with Crippen molar-refractivity contribution in [3.8, 4) is 0 Å². The molecule has 12 heavy (non-hydrogen) atoms. The van der Waals surface area contributed by atoms with Gasteiger partial charge in [-0.15, -0.1) is 11.8 Å². The SMILES string of the molecule is CC(SC1CCCC1)C(=O)[O-].[K+]. The maximum atomic E-state index is 10.4. The van der Waals surface area contributed by atoms with Gasteiger partial charge >= 0.3 is 51.4 Å². The maximum Gasteiger partial charge on any atom is 1.00 e. The van der Waals surface area contributed by atoms with Gasteiger partial charge in [-0.2, -0.15) is 0 Å². The topological polar surface area (TPSA) is 40.1 Å². The number of thioether (sulfide) groups is 1. The number of hydrogen-bond donors (Lipinski definition) is 0. The van der Waals surface area contributed by atoms with Crippen molar-refractivity contribution < 1.29 is 61.3 Å². The van der Waals surface area contributed by atoms with Gasteiger partial charge in [0, 0.05) is 10.5 Å². The van der Waals surface area contributed by atoms with E-state index in [9.17, 15) is 9.90 Å². The zero-order valence-electron chi connectivity index (χ0n) is 7.71. The van der Waals surface area contributed by atoms with E-state index in [1.807, 2.05) is 0 Å². The molecule has 4 heteroatoms. The third kappa shape index (κ3) is 4.63. The van der Waals surface area contributed by atoms with Crippen LogP contribution in [0.15, 0.2) is 0 Å². The number of carbonyl (C=O) groups is 1. The van der Waals surface area contributed by atoms with E-state index in [-0.39, 0.29) is 56.6 Å². The maximum absolute atomic E-state index is 10.4. The molecule has 1 aliphatic carbocycles. The molecule has 0 spiro atoms. The summed E-state index contributed by atoms with van der Waals surface area (Å²) >= 11 is 1.55. The van der Waals surface area contributed by atoms with Gasteiger partial charge in [0.1, 0.15) is 0 Å². The molecular formula is C8H13KO2S. The van der Waals surface area contributed by atoms with Crippen LogP contribution in [0.25, 0.3) is 0 Å². The molecule has 0 aromatic rings. The second kappa shape index (κ2) is 6.84. The van der Waals surface area contributed by atoms with Crippen LogP contribution in [0.3, 0.4) is 0 Å². The van der Waals surface area contributed by atoms with Crippen molar-refractivity contribution in [1.82, 2.24) is 0 Å². The summed E-state index contributed by atoms with van der Waals surface area (Å²) in [6.45, 7) is 1.71. The van der Waals surface area contributed by atoms with Crippen molar-refractivity contribution >= 4 is 17.7 Å². The van der Waals surface area contributed by atoms with Crippen molar-refractivity contribution in [2.24, 2.45) is 0 Å². The fraction of sp³-hybridized carbons (Fsp3) is 0.875. The first-order valence-corrected chi connectivity index (χ1v) is 5.00. The van der Waals surface area contributed by atoms with Gasteiger partial charge in [-0.25, -0.2) is 0 Å². The Balaban J connectivity index is 0.00000121. The molecule has 1 saturated carbocycles. The minimum atomic E-state index is -0.929. The molecule has 0 radical (unpaired) electrons. The van der Waals surface area contributed by atoms with Crippen LogP contribution in [0.2, 0.25) is 0 Å². The van der Waals surface area contributed by atoms with Crippen LogP contribution in [-0.4, -0.2) is 16.5 Å². The van der Waals surface area contributed by atoms with Gasteiger partial charge in [0.05, 0.1) is 5.97 Å². The molecule has 0 aromatic carbocycles. The molecular weight excluding hydrogens is 199 g/mol. The third-order valence-electron chi connectivity index (χ3n) is 2.03. The van der Waals surface area contributed by atoms with Crippen LogP contribution in [0.1, 0.15) is 32.6 Å². The largest absolute Gasteiger partial charge is 1.00 e. The van der Waals surface area contributed by atoms with Gasteiger partial charge in [0.15, 0.2) is 0 Å². The van der Waals surface area contributed by atoms with Gasteiger partial charge in [0.25, 0.3) is 0 Å². The van der Waals surface area contributed by atoms with Crippen LogP contribution in [0, 0.1) is 0 Å². The van der Waals surface area contributed by atoms with Crippen LogP contribution in [-0.2, 0) is 4.79 Å².